The fourth-order valence-electron chi connectivity index (χ4n) is 1.94. The van der Waals surface area contributed by atoms with Gasteiger partial charge in [-0.25, -0.2) is 0 Å². The lowest BCUT2D eigenvalue weighted by atomic mass is 10.1. The van der Waals surface area contributed by atoms with Gasteiger partial charge in [0.2, 0.25) is 0 Å². The molecule has 16 heavy (non-hydrogen) atoms. The minimum atomic E-state index is 0.398. The topological polar surface area (TPSA) is 37.0 Å². The average molecular weight is 237 g/mol. The smallest absolute Gasteiger partial charge is 0.0547 e. The number of nitrogens with zero attached hydrogens (tertiary/aromatic N) is 1. The molecule has 2 heterocycles. The summed E-state index contributed by atoms with van der Waals surface area (Å²) in [5, 5.41) is 6.58. The minimum Gasteiger partial charge on any atom is -0.387 e. The van der Waals surface area contributed by atoms with Crippen LogP contribution in [0, 0.1) is 0 Å². The lowest BCUT2D eigenvalue weighted by molar-refractivity contribution is 0.635. The van der Waals surface area contributed by atoms with Crippen molar-refractivity contribution in [3.8, 4) is 0 Å². The molecule has 1 unspecified atom stereocenters. The Kier molecular flexibility index (Phi) is 3.59. The van der Waals surface area contributed by atoms with Crippen molar-refractivity contribution in [3.63, 3.8) is 0 Å². The van der Waals surface area contributed by atoms with E-state index in [4.69, 9.17) is 0 Å². The molecule has 1 aromatic rings. The predicted molar refractivity (Wildman–Crippen MR) is 72.4 cm³/mol. The van der Waals surface area contributed by atoms with Gasteiger partial charge in [0.15, 0.2) is 0 Å². The van der Waals surface area contributed by atoms with Gasteiger partial charge in [0.05, 0.1) is 23.8 Å². The van der Waals surface area contributed by atoms with Gasteiger partial charge in [0, 0.05) is 18.3 Å². The predicted octanol–water partition coefficient (Wildman–Crippen LogP) is 2.82. The van der Waals surface area contributed by atoms with Crippen LogP contribution in [0.2, 0.25) is 0 Å². The molecule has 0 bridgehead atoms. The molecule has 4 heteroatoms. The van der Waals surface area contributed by atoms with Gasteiger partial charge in [0.1, 0.15) is 0 Å². The van der Waals surface area contributed by atoms with Gasteiger partial charge in [0.25, 0.3) is 0 Å². The maximum Gasteiger partial charge on any atom is 0.0547 e. The first-order valence-corrected chi connectivity index (χ1v) is 6.71. The highest BCUT2D eigenvalue weighted by Gasteiger charge is 2.28. The first-order valence-electron chi connectivity index (χ1n) is 5.72. The van der Waals surface area contributed by atoms with Gasteiger partial charge in [-0.15, -0.1) is 0 Å². The van der Waals surface area contributed by atoms with Crippen molar-refractivity contribution in [3.05, 3.63) is 18.5 Å². The Labute approximate surface area is 101 Å². The Morgan fingerprint density at radius 3 is 2.94 bits per heavy atom. The zero-order valence-electron chi connectivity index (χ0n) is 9.92. The number of thioether (sulfide) groups is 1. The Balaban J connectivity index is 1.93. The molecule has 0 spiro atoms. The summed E-state index contributed by atoms with van der Waals surface area (Å²) in [6.07, 6.45) is 6.36. The van der Waals surface area contributed by atoms with Crippen molar-refractivity contribution in [2.45, 2.75) is 24.5 Å². The molecule has 0 saturated carbocycles. The first kappa shape index (κ1) is 11.6. The number of hydrogen-bond acceptors (Lipinski definition) is 4. The second kappa shape index (κ2) is 4.95. The van der Waals surface area contributed by atoms with Crippen LogP contribution in [-0.2, 0) is 0 Å². The zero-order valence-corrected chi connectivity index (χ0v) is 10.7. The molecule has 0 aliphatic carbocycles. The monoisotopic (exact) mass is 237 g/mol. The summed E-state index contributed by atoms with van der Waals surface area (Å²) < 4.78 is 0.398. The molecule has 1 aliphatic rings. The highest BCUT2D eigenvalue weighted by Crippen LogP contribution is 2.37. The second-order valence-corrected chi connectivity index (χ2v) is 6.15. The largest absolute Gasteiger partial charge is 0.387 e. The zero-order chi connectivity index (χ0) is 11.4. The number of pyridine rings is 1. The Morgan fingerprint density at radius 1 is 1.44 bits per heavy atom. The van der Waals surface area contributed by atoms with Crippen LogP contribution in [-0.4, -0.2) is 29.1 Å². The van der Waals surface area contributed by atoms with Crippen molar-refractivity contribution < 1.29 is 0 Å². The normalized spacial score (nSPS) is 24.4. The maximum absolute atomic E-state index is 4.19. The summed E-state index contributed by atoms with van der Waals surface area (Å²) in [6, 6.07) is 2.09. The van der Waals surface area contributed by atoms with Crippen molar-refractivity contribution in [2.24, 2.45) is 0 Å². The molecule has 0 radical (unpaired) electrons. The number of nitrogens with one attached hydrogen (secondary N) is 2. The average Bonchev–Trinajstić information content (AvgIpc) is 2.75. The molecule has 88 valence electrons. The van der Waals surface area contributed by atoms with E-state index in [9.17, 15) is 0 Å². The number of anilines is 2. The summed E-state index contributed by atoms with van der Waals surface area (Å²) in [5.41, 5.74) is 2.15. The molecule has 1 aromatic heterocycles. The third kappa shape index (κ3) is 2.82. The molecule has 3 nitrogen and oxygen atoms in total. The van der Waals surface area contributed by atoms with E-state index in [0.29, 0.717) is 4.75 Å². The highest BCUT2D eigenvalue weighted by atomic mass is 32.2. The van der Waals surface area contributed by atoms with E-state index < -0.39 is 0 Å². The van der Waals surface area contributed by atoms with Crippen molar-refractivity contribution in [2.75, 3.05) is 30.0 Å². The number of hydrogen-bond donors (Lipinski definition) is 2. The quantitative estimate of drug-likeness (QED) is 0.844. The van der Waals surface area contributed by atoms with Crippen LogP contribution in [0.5, 0.6) is 0 Å². The molecule has 1 aliphatic heterocycles. The van der Waals surface area contributed by atoms with Crippen LogP contribution in [0.25, 0.3) is 0 Å². The Hall–Kier alpha value is -0.900. The van der Waals surface area contributed by atoms with Crippen molar-refractivity contribution in [1.82, 2.24) is 4.98 Å². The summed E-state index contributed by atoms with van der Waals surface area (Å²) in [7, 11) is 1.91. The van der Waals surface area contributed by atoms with Crippen LogP contribution in [0.1, 0.15) is 19.8 Å². The van der Waals surface area contributed by atoms with Gasteiger partial charge in [-0.3, -0.25) is 4.98 Å². The van der Waals surface area contributed by atoms with Crippen LogP contribution in [0.3, 0.4) is 0 Å². The lowest BCUT2D eigenvalue weighted by Gasteiger charge is -2.23. The lowest BCUT2D eigenvalue weighted by Crippen LogP contribution is -2.27. The fourth-order valence-corrected chi connectivity index (χ4v) is 3.18. The summed E-state index contributed by atoms with van der Waals surface area (Å²) in [4.78, 5) is 4.19. The van der Waals surface area contributed by atoms with Gasteiger partial charge in [-0.05, 0) is 31.6 Å². The van der Waals surface area contributed by atoms with Crippen LogP contribution in [0.15, 0.2) is 18.5 Å². The highest BCUT2D eigenvalue weighted by molar-refractivity contribution is 8.00. The SMILES string of the molecule is CNc1cncc(NCC2(C)CCCS2)c1. The van der Waals surface area contributed by atoms with Crippen molar-refractivity contribution in [1.29, 1.82) is 0 Å². The molecule has 0 aromatic carbocycles. The third-order valence-corrected chi connectivity index (χ3v) is 4.53. The third-order valence-electron chi connectivity index (χ3n) is 2.99. The Morgan fingerprint density at radius 2 is 2.25 bits per heavy atom. The molecule has 0 amide bonds. The van der Waals surface area contributed by atoms with E-state index in [1.807, 2.05) is 19.4 Å². The summed E-state index contributed by atoms with van der Waals surface area (Å²) in [5.74, 6) is 1.30. The summed E-state index contributed by atoms with van der Waals surface area (Å²) >= 11 is 2.08. The second-order valence-electron chi connectivity index (χ2n) is 4.47. The molecule has 1 fully saturated rings. The van der Waals surface area contributed by atoms with Crippen LogP contribution in [0.4, 0.5) is 11.4 Å². The van der Waals surface area contributed by atoms with Crippen LogP contribution >= 0.6 is 11.8 Å². The molecule has 2 N–H and O–H groups in total. The van der Waals surface area contributed by atoms with E-state index in [2.05, 4.69) is 40.4 Å². The van der Waals surface area contributed by atoms with Gasteiger partial charge in [-0.2, -0.15) is 11.8 Å². The molecule has 2 rings (SSSR count). The Bertz CT molecular complexity index is 348. The van der Waals surface area contributed by atoms with E-state index in [0.717, 1.165) is 17.9 Å². The molecule has 1 saturated heterocycles. The van der Waals surface area contributed by atoms with E-state index >= 15 is 0 Å². The molecular weight excluding hydrogens is 218 g/mol. The fraction of sp³-hybridized carbons (Fsp3) is 0.583. The van der Waals surface area contributed by atoms with Gasteiger partial charge in [-0.1, -0.05) is 0 Å². The van der Waals surface area contributed by atoms with E-state index in [-0.39, 0.29) is 0 Å². The maximum atomic E-state index is 4.19. The van der Waals surface area contributed by atoms with Gasteiger partial charge < -0.3 is 10.6 Å². The standard InChI is InChI=1S/C12H19N3S/c1-12(4-3-5-16-12)9-15-11-6-10(13-2)7-14-8-11/h6-8,13,15H,3-5,9H2,1-2H3. The van der Waals surface area contributed by atoms with Crippen molar-refractivity contribution >= 4 is 23.1 Å². The molecular formula is C12H19N3S. The van der Waals surface area contributed by atoms with Crippen LogP contribution < -0.4 is 10.6 Å². The number of aromatic nitrogens is 1. The minimum absolute atomic E-state index is 0.398. The van der Waals surface area contributed by atoms with E-state index in [1.165, 1.54) is 18.6 Å². The summed E-state index contributed by atoms with van der Waals surface area (Å²) in [6.45, 7) is 3.36. The first-order chi connectivity index (χ1) is 7.72. The molecule has 1 atom stereocenters. The number of rotatable bonds is 4. The van der Waals surface area contributed by atoms with Gasteiger partial charge >= 0.3 is 0 Å². The van der Waals surface area contributed by atoms with E-state index in [1.54, 1.807) is 0 Å².